The number of pyridine rings is 2. The molecule has 1 fully saturated rings. The molecule has 7 nitrogen and oxygen atoms in total. The zero-order valence-electron chi connectivity index (χ0n) is 18.8. The van der Waals surface area contributed by atoms with Crippen LogP contribution in [0.4, 0.5) is 20.4 Å². The van der Waals surface area contributed by atoms with Crippen molar-refractivity contribution in [3.8, 4) is 0 Å². The lowest BCUT2D eigenvalue weighted by Gasteiger charge is -2.28. The fourth-order valence-corrected chi connectivity index (χ4v) is 5.30. The van der Waals surface area contributed by atoms with Gasteiger partial charge in [-0.3, -0.25) is 0 Å². The molecule has 6 N–H and O–H groups in total. The highest BCUT2D eigenvalue weighted by molar-refractivity contribution is 6.33. The summed E-state index contributed by atoms with van der Waals surface area (Å²) in [5, 5.41) is 22.7. The first-order valence-corrected chi connectivity index (χ1v) is 11.3. The van der Waals surface area contributed by atoms with Gasteiger partial charge in [-0.1, -0.05) is 18.5 Å². The summed E-state index contributed by atoms with van der Waals surface area (Å²) in [6.07, 6.45) is 1.80. The number of aliphatic hydroxyl groups excluding tert-OH is 2. The van der Waals surface area contributed by atoms with Crippen LogP contribution < -0.4 is 11.5 Å². The number of halogens is 4. The van der Waals surface area contributed by atoms with Gasteiger partial charge < -0.3 is 26.2 Å². The third-order valence-corrected chi connectivity index (χ3v) is 7.41. The van der Waals surface area contributed by atoms with Crippen LogP contribution in [0.1, 0.15) is 31.4 Å². The number of hydrogen-bond acceptors (Lipinski definition) is 6. The maximum absolute atomic E-state index is 14.7. The first kappa shape index (κ1) is 25.4. The molecule has 1 aliphatic rings. The van der Waals surface area contributed by atoms with Gasteiger partial charge in [-0.05, 0) is 54.5 Å². The second kappa shape index (κ2) is 9.05. The van der Waals surface area contributed by atoms with Gasteiger partial charge in [0, 0.05) is 17.0 Å². The highest BCUT2D eigenvalue weighted by Crippen LogP contribution is 2.48. The summed E-state index contributed by atoms with van der Waals surface area (Å²) in [5.74, 6) is -0.697. The van der Waals surface area contributed by atoms with E-state index in [4.69, 9.17) is 23.1 Å². The predicted molar refractivity (Wildman–Crippen MR) is 135 cm³/mol. The molecule has 0 saturated heterocycles. The molecular weight excluding hydrogens is 499 g/mol. The van der Waals surface area contributed by atoms with E-state index in [1.165, 1.54) is 12.1 Å². The van der Waals surface area contributed by atoms with Gasteiger partial charge >= 0.3 is 0 Å². The zero-order valence-corrected chi connectivity index (χ0v) is 20.3. The van der Waals surface area contributed by atoms with Crippen LogP contribution in [0.25, 0.3) is 21.8 Å². The van der Waals surface area contributed by atoms with E-state index in [1.807, 2.05) is 6.92 Å². The van der Waals surface area contributed by atoms with Gasteiger partial charge in [0.1, 0.15) is 23.6 Å². The molecule has 4 aromatic rings. The van der Waals surface area contributed by atoms with Crippen molar-refractivity contribution >= 4 is 57.4 Å². The van der Waals surface area contributed by atoms with Gasteiger partial charge in [0.25, 0.3) is 0 Å². The Morgan fingerprint density at radius 3 is 2.63 bits per heavy atom. The summed E-state index contributed by atoms with van der Waals surface area (Å²) in [6, 6.07) is 5.70. The fourth-order valence-electron chi connectivity index (χ4n) is 5.15. The topological polar surface area (TPSA) is 123 Å². The highest BCUT2D eigenvalue weighted by Gasteiger charge is 2.50. The molecule has 11 heteroatoms. The van der Waals surface area contributed by atoms with Crippen LogP contribution in [-0.4, -0.2) is 37.0 Å². The van der Waals surface area contributed by atoms with Crippen molar-refractivity contribution in [2.75, 3.05) is 11.5 Å². The first-order chi connectivity index (χ1) is 16.1. The number of hydrogen-bond donors (Lipinski definition) is 4. The maximum Gasteiger partial charge on any atom is 0.165 e. The van der Waals surface area contributed by atoms with Gasteiger partial charge in [0.15, 0.2) is 5.82 Å². The van der Waals surface area contributed by atoms with Crippen molar-refractivity contribution in [3.05, 3.63) is 58.9 Å². The van der Waals surface area contributed by atoms with Crippen LogP contribution in [-0.2, 0) is 6.42 Å². The van der Waals surface area contributed by atoms with E-state index in [2.05, 4.69) is 9.97 Å². The Hall–Kier alpha value is -2.72. The van der Waals surface area contributed by atoms with Gasteiger partial charge in [-0.15, -0.1) is 12.4 Å². The average Bonchev–Trinajstić information content (AvgIpc) is 3.33. The van der Waals surface area contributed by atoms with Crippen molar-refractivity contribution in [1.29, 1.82) is 0 Å². The molecule has 1 aromatic carbocycles. The van der Waals surface area contributed by atoms with E-state index < -0.39 is 35.3 Å². The quantitative estimate of drug-likeness (QED) is 0.314. The number of rotatable bonds is 4. The predicted octanol–water partition coefficient (Wildman–Crippen LogP) is 4.41. The normalized spacial score (nSPS) is 24.2. The Labute approximate surface area is 211 Å². The molecule has 35 heavy (non-hydrogen) atoms. The molecule has 0 radical (unpaired) electrons. The SMILES string of the molecule is C[C@]1(CCc2cc(F)c3cc(Cl)c(N)nc3c2)C[C@@H](n2ccc3c(N)ncc(F)c32)[C@H](O)[C@@H]1O.Cl. The summed E-state index contributed by atoms with van der Waals surface area (Å²) in [6.45, 7) is 1.87. The summed E-state index contributed by atoms with van der Waals surface area (Å²) < 4.78 is 30.9. The zero-order chi connectivity index (χ0) is 24.4. The molecule has 3 heterocycles. The lowest BCUT2D eigenvalue weighted by molar-refractivity contribution is -0.0241. The molecule has 0 bridgehead atoms. The third-order valence-electron chi connectivity index (χ3n) is 7.11. The Morgan fingerprint density at radius 2 is 1.89 bits per heavy atom. The van der Waals surface area contributed by atoms with Gasteiger partial charge in [-0.2, -0.15) is 0 Å². The second-order valence-corrected chi connectivity index (χ2v) is 9.74. The van der Waals surface area contributed by atoms with E-state index in [9.17, 15) is 19.0 Å². The molecule has 0 aliphatic heterocycles. The number of fused-ring (bicyclic) bond motifs is 2. The maximum atomic E-state index is 14.7. The second-order valence-electron chi connectivity index (χ2n) is 9.34. The van der Waals surface area contributed by atoms with Crippen LogP contribution in [0.2, 0.25) is 5.02 Å². The minimum Gasteiger partial charge on any atom is -0.390 e. The Morgan fingerprint density at radius 1 is 1.14 bits per heavy atom. The summed E-state index contributed by atoms with van der Waals surface area (Å²) in [5.41, 5.74) is 12.3. The smallest absolute Gasteiger partial charge is 0.165 e. The van der Waals surface area contributed by atoms with Crippen molar-refractivity contribution in [2.45, 2.75) is 44.4 Å². The number of nitrogens with two attached hydrogens (primary N) is 2. The van der Waals surface area contributed by atoms with Crippen molar-refractivity contribution in [3.63, 3.8) is 0 Å². The molecule has 1 saturated carbocycles. The summed E-state index contributed by atoms with van der Waals surface area (Å²) >= 11 is 5.96. The van der Waals surface area contributed by atoms with Gasteiger partial charge in [0.2, 0.25) is 0 Å². The van der Waals surface area contributed by atoms with Crippen LogP contribution >= 0.6 is 24.0 Å². The molecule has 3 aromatic heterocycles. The molecule has 0 spiro atoms. The van der Waals surface area contributed by atoms with E-state index in [1.54, 1.807) is 22.9 Å². The first-order valence-electron chi connectivity index (χ1n) is 10.9. The molecule has 0 amide bonds. The van der Waals surface area contributed by atoms with E-state index in [0.717, 1.165) is 6.20 Å². The number of nitrogens with zero attached hydrogens (tertiary/aromatic N) is 3. The van der Waals surface area contributed by atoms with Crippen LogP contribution in [0.3, 0.4) is 0 Å². The minimum absolute atomic E-state index is 0. The number of aryl methyl sites for hydroxylation is 1. The Bertz CT molecular complexity index is 1430. The van der Waals surface area contributed by atoms with E-state index >= 15 is 0 Å². The van der Waals surface area contributed by atoms with Crippen LogP contribution in [0.15, 0.2) is 36.7 Å². The van der Waals surface area contributed by atoms with Crippen LogP contribution in [0.5, 0.6) is 0 Å². The summed E-state index contributed by atoms with van der Waals surface area (Å²) in [4.78, 5) is 8.01. The minimum atomic E-state index is -1.12. The molecule has 4 atom stereocenters. The van der Waals surface area contributed by atoms with Gasteiger partial charge in [-0.25, -0.2) is 18.7 Å². The van der Waals surface area contributed by atoms with Crippen molar-refractivity contribution in [2.24, 2.45) is 5.41 Å². The average molecular weight is 524 g/mol. The van der Waals surface area contributed by atoms with E-state index in [-0.39, 0.29) is 40.0 Å². The van der Waals surface area contributed by atoms with Crippen LogP contribution in [0, 0.1) is 17.0 Å². The van der Waals surface area contributed by atoms with Gasteiger partial charge in [0.05, 0.1) is 34.4 Å². The standard InChI is InChI=1S/C24H24ClF2N5O2.ClH/c1-24(4-2-11-6-15(26)13-8-14(25)23(29)31-17(13)7-11)9-18(20(33)21(24)34)32-5-3-12-19(32)16(27)10-30-22(12)28;/h3,5-8,10,18,20-21,33-34H,2,4,9H2,1H3,(H2,28,30)(H2,29,31);1H/t18-,20+,21+,24+;/m1./s1. The lowest BCUT2D eigenvalue weighted by atomic mass is 9.80. The molecular formula is C24H25Cl2F2N5O2. The molecule has 186 valence electrons. The van der Waals surface area contributed by atoms with Crippen molar-refractivity contribution in [1.82, 2.24) is 14.5 Å². The number of nitrogen functional groups attached to an aromatic ring is 2. The number of aliphatic hydroxyl groups is 2. The number of anilines is 2. The number of benzene rings is 1. The van der Waals surface area contributed by atoms with Crippen molar-refractivity contribution < 1.29 is 19.0 Å². The highest BCUT2D eigenvalue weighted by atomic mass is 35.5. The lowest BCUT2D eigenvalue weighted by Crippen LogP contribution is -2.35. The molecule has 1 aliphatic carbocycles. The molecule has 5 rings (SSSR count). The number of aromatic nitrogens is 3. The molecule has 0 unspecified atom stereocenters. The fraction of sp³-hybridized carbons (Fsp3) is 0.333. The third kappa shape index (κ3) is 4.16. The largest absolute Gasteiger partial charge is 0.390 e. The Balaban J connectivity index is 0.00000289. The summed E-state index contributed by atoms with van der Waals surface area (Å²) in [7, 11) is 0. The van der Waals surface area contributed by atoms with E-state index in [0.29, 0.717) is 35.7 Å². The Kier molecular flexibility index (Phi) is 6.56. The monoisotopic (exact) mass is 523 g/mol.